The van der Waals surface area contributed by atoms with Crippen molar-refractivity contribution in [3.8, 4) is 0 Å². The van der Waals surface area contributed by atoms with Crippen LogP contribution in [-0.2, 0) is 6.42 Å². The molecule has 0 bridgehead atoms. The first-order chi connectivity index (χ1) is 12.1. The minimum Gasteiger partial charge on any atom is -0.356 e. The number of aliphatic imine (C=N–C) groups is 1. The Kier molecular flexibility index (Phi) is 8.44. The van der Waals surface area contributed by atoms with Crippen LogP contribution < -0.4 is 10.6 Å². The molecule has 0 aliphatic carbocycles. The Labute approximate surface area is 156 Å². The summed E-state index contributed by atoms with van der Waals surface area (Å²) < 4.78 is 0. The van der Waals surface area contributed by atoms with E-state index in [1.54, 1.807) is 0 Å². The summed E-state index contributed by atoms with van der Waals surface area (Å²) in [5.74, 6) is 0.848. The van der Waals surface area contributed by atoms with E-state index in [2.05, 4.69) is 44.3 Å². The van der Waals surface area contributed by atoms with Crippen LogP contribution in [0.2, 0.25) is 5.15 Å². The fraction of sp³-hybridized carbons (Fsp3) is 0.667. The number of hydrogen-bond donors (Lipinski definition) is 2. The molecular formula is C18H31ClN6. The Morgan fingerprint density at radius 3 is 2.64 bits per heavy atom. The molecule has 0 aromatic carbocycles. The normalized spacial score (nSPS) is 18.2. The number of likely N-dealkylation sites (N-methyl/N-ethyl adjacent to an activating group) is 1. The largest absolute Gasteiger partial charge is 0.356 e. The first-order valence-corrected chi connectivity index (χ1v) is 9.51. The van der Waals surface area contributed by atoms with Gasteiger partial charge in [0.1, 0.15) is 5.15 Å². The maximum Gasteiger partial charge on any atom is 0.191 e. The van der Waals surface area contributed by atoms with E-state index in [1.165, 1.54) is 13.1 Å². The van der Waals surface area contributed by atoms with Gasteiger partial charge in [0.05, 0.1) is 0 Å². The summed E-state index contributed by atoms with van der Waals surface area (Å²) >= 11 is 5.81. The molecule has 1 aliphatic heterocycles. The molecule has 6 nitrogen and oxygen atoms in total. The van der Waals surface area contributed by atoms with Gasteiger partial charge in [0.25, 0.3) is 0 Å². The van der Waals surface area contributed by atoms with E-state index in [0.717, 1.165) is 50.7 Å². The zero-order valence-corrected chi connectivity index (χ0v) is 16.4. The molecule has 0 saturated carbocycles. The van der Waals surface area contributed by atoms with E-state index < -0.39 is 0 Å². The highest BCUT2D eigenvalue weighted by Gasteiger charge is 2.20. The minimum absolute atomic E-state index is 0.498. The van der Waals surface area contributed by atoms with E-state index in [0.29, 0.717) is 11.2 Å². The summed E-state index contributed by atoms with van der Waals surface area (Å²) in [6.45, 7) is 12.0. The van der Waals surface area contributed by atoms with Crippen molar-refractivity contribution in [1.82, 2.24) is 25.4 Å². The molecule has 0 radical (unpaired) electrons. The number of pyridine rings is 1. The molecule has 1 aromatic rings. The van der Waals surface area contributed by atoms with Gasteiger partial charge in [0.15, 0.2) is 5.96 Å². The highest BCUT2D eigenvalue weighted by molar-refractivity contribution is 6.29. The van der Waals surface area contributed by atoms with Crippen LogP contribution in [0.3, 0.4) is 0 Å². The van der Waals surface area contributed by atoms with Gasteiger partial charge in [-0.2, -0.15) is 0 Å². The number of rotatable bonds is 7. The Morgan fingerprint density at radius 2 is 2.04 bits per heavy atom. The smallest absolute Gasteiger partial charge is 0.191 e. The van der Waals surface area contributed by atoms with Gasteiger partial charge in [0, 0.05) is 58.6 Å². The minimum atomic E-state index is 0.498. The maximum atomic E-state index is 5.81. The van der Waals surface area contributed by atoms with Gasteiger partial charge >= 0.3 is 0 Å². The van der Waals surface area contributed by atoms with Crippen LogP contribution in [0.5, 0.6) is 0 Å². The average molecular weight is 367 g/mol. The monoisotopic (exact) mass is 366 g/mol. The molecule has 2 rings (SSSR count). The maximum absolute atomic E-state index is 5.81. The number of nitrogens with one attached hydrogen (secondary N) is 2. The third-order valence-electron chi connectivity index (χ3n) is 4.76. The molecule has 1 aromatic heterocycles. The van der Waals surface area contributed by atoms with Crippen molar-refractivity contribution >= 4 is 17.6 Å². The molecule has 2 N–H and O–H groups in total. The second-order valence-corrected chi connectivity index (χ2v) is 6.83. The summed E-state index contributed by atoms with van der Waals surface area (Å²) in [4.78, 5) is 13.5. The van der Waals surface area contributed by atoms with Crippen LogP contribution in [0.1, 0.15) is 19.4 Å². The Balaban J connectivity index is 1.66. The van der Waals surface area contributed by atoms with Crippen molar-refractivity contribution in [3.63, 3.8) is 0 Å². The van der Waals surface area contributed by atoms with Crippen molar-refractivity contribution in [2.75, 3.05) is 52.9 Å². The van der Waals surface area contributed by atoms with Gasteiger partial charge in [-0.05, 0) is 31.5 Å². The molecule has 1 fully saturated rings. The lowest BCUT2D eigenvalue weighted by atomic mass is 10.2. The zero-order chi connectivity index (χ0) is 18.1. The highest BCUT2D eigenvalue weighted by atomic mass is 35.5. The lowest BCUT2D eigenvalue weighted by Crippen LogP contribution is -2.53. The number of piperazine rings is 1. The molecule has 1 saturated heterocycles. The predicted octanol–water partition coefficient (Wildman–Crippen LogP) is 1.47. The topological polar surface area (TPSA) is 55.8 Å². The number of aromatic nitrogens is 1. The summed E-state index contributed by atoms with van der Waals surface area (Å²) in [5.41, 5.74) is 1.16. The van der Waals surface area contributed by atoms with Gasteiger partial charge in [-0.25, -0.2) is 4.98 Å². The summed E-state index contributed by atoms with van der Waals surface area (Å²) in [7, 11) is 1.81. The van der Waals surface area contributed by atoms with Gasteiger partial charge in [-0.1, -0.05) is 24.6 Å². The summed E-state index contributed by atoms with van der Waals surface area (Å²) in [6, 6.07) is 4.33. The molecule has 2 heterocycles. The van der Waals surface area contributed by atoms with Crippen LogP contribution >= 0.6 is 11.6 Å². The van der Waals surface area contributed by atoms with E-state index >= 15 is 0 Å². The van der Waals surface area contributed by atoms with E-state index in [9.17, 15) is 0 Å². The van der Waals surface area contributed by atoms with Crippen LogP contribution in [-0.4, -0.2) is 79.6 Å². The first kappa shape index (κ1) is 19.9. The molecular weight excluding hydrogens is 336 g/mol. The number of hydrogen-bond acceptors (Lipinski definition) is 4. The van der Waals surface area contributed by atoms with Gasteiger partial charge < -0.3 is 15.5 Å². The van der Waals surface area contributed by atoms with Crippen LogP contribution in [0.4, 0.5) is 0 Å². The molecule has 1 unspecified atom stereocenters. The fourth-order valence-electron chi connectivity index (χ4n) is 2.99. The second kappa shape index (κ2) is 10.6. The lowest BCUT2D eigenvalue weighted by molar-refractivity contribution is 0.107. The summed E-state index contributed by atoms with van der Waals surface area (Å²) in [5, 5.41) is 7.32. The molecule has 1 aliphatic rings. The molecule has 25 heavy (non-hydrogen) atoms. The van der Waals surface area contributed by atoms with Crippen molar-refractivity contribution < 1.29 is 0 Å². The third-order valence-corrected chi connectivity index (χ3v) is 4.98. The molecule has 1 atom stereocenters. The van der Waals surface area contributed by atoms with Crippen molar-refractivity contribution in [3.05, 3.63) is 29.0 Å². The highest BCUT2D eigenvalue weighted by Crippen LogP contribution is 2.06. The summed E-state index contributed by atoms with van der Waals surface area (Å²) in [6.07, 6.45) is 2.71. The standard InChI is InChI=1S/C18H31ClN6/c1-4-24-9-11-25(12-10-24)15(2)13-23-18(20-3)21-8-7-16-5-6-17(19)22-14-16/h5-6,14-15H,4,7-13H2,1-3H3,(H2,20,21,23). The number of nitrogens with zero attached hydrogens (tertiary/aromatic N) is 4. The van der Waals surface area contributed by atoms with Gasteiger partial charge in [0.2, 0.25) is 0 Å². The van der Waals surface area contributed by atoms with Crippen LogP contribution in [0.15, 0.2) is 23.3 Å². The number of halogens is 1. The Hall–Kier alpha value is -1.37. The van der Waals surface area contributed by atoms with Crippen LogP contribution in [0, 0.1) is 0 Å². The lowest BCUT2D eigenvalue weighted by Gasteiger charge is -2.37. The van der Waals surface area contributed by atoms with E-state index in [-0.39, 0.29) is 0 Å². The quantitative estimate of drug-likeness (QED) is 0.435. The van der Waals surface area contributed by atoms with Crippen molar-refractivity contribution in [2.24, 2.45) is 4.99 Å². The van der Waals surface area contributed by atoms with E-state index in [1.807, 2.05) is 25.4 Å². The van der Waals surface area contributed by atoms with Crippen molar-refractivity contribution in [1.29, 1.82) is 0 Å². The molecule has 0 spiro atoms. The van der Waals surface area contributed by atoms with Crippen LogP contribution in [0.25, 0.3) is 0 Å². The molecule has 7 heteroatoms. The molecule has 0 amide bonds. The van der Waals surface area contributed by atoms with Crippen molar-refractivity contribution in [2.45, 2.75) is 26.3 Å². The third kappa shape index (κ3) is 6.80. The average Bonchev–Trinajstić information content (AvgIpc) is 2.65. The molecule has 140 valence electrons. The first-order valence-electron chi connectivity index (χ1n) is 9.13. The Bertz CT molecular complexity index is 525. The number of guanidine groups is 1. The second-order valence-electron chi connectivity index (χ2n) is 6.44. The van der Waals surface area contributed by atoms with Gasteiger partial charge in [-0.15, -0.1) is 0 Å². The SMILES string of the molecule is CCN1CCN(C(C)CNC(=NC)NCCc2ccc(Cl)nc2)CC1. The zero-order valence-electron chi connectivity index (χ0n) is 15.6. The van der Waals surface area contributed by atoms with Gasteiger partial charge in [-0.3, -0.25) is 9.89 Å². The van der Waals surface area contributed by atoms with E-state index in [4.69, 9.17) is 11.6 Å². The predicted molar refractivity (Wildman–Crippen MR) is 105 cm³/mol. The Morgan fingerprint density at radius 1 is 1.28 bits per heavy atom. The fourth-order valence-corrected chi connectivity index (χ4v) is 3.11.